The zero-order valence-electron chi connectivity index (χ0n) is 49.1. The van der Waals surface area contributed by atoms with E-state index >= 15 is 0 Å². The van der Waals surface area contributed by atoms with Crippen LogP contribution in [-0.4, -0.2) is 76.3 Å². The molecule has 0 bridgehead atoms. The summed E-state index contributed by atoms with van der Waals surface area (Å²) in [4.78, 5) is 39.2. The Balaban J connectivity index is 0.000000223. The molecule has 6 aromatic carbocycles. The van der Waals surface area contributed by atoms with Gasteiger partial charge >= 0.3 is 11.9 Å². The van der Waals surface area contributed by atoms with Crippen LogP contribution in [0.4, 0.5) is 0 Å². The summed E-state index contributed by atoms with van der Waals surface area (Å²) in [6.07, 6.45) is 24.0. The smallest absolute Gasteiger partial charge is 0.338 e. The van der Waals surface area contributed by atoms with E-state index in [0.29, 0.717) is 41.2 Å². The third-order valence-electron chi connectivity index (χ3n) is 17.0. The Kier molecular flexibility index (Phi) is 24.4. The molecule has 82 heavy (non-hydrogen) atoms. The number of aliphatic hydroxyl groups is 1. The third-order valence-corrected chi connectivity index (χ3v) is 17.0. The highest BCUT2D eigenvalue weighted by atomic mass is 32.2. The second-order valence-corrected chi connectivity index (χ2v) is 23.2. The molecule has 2 fully saturated rings. The van der Waals surface area contributed by atoms with Crippen molar-refractivity contribution in [3.63, 3.8) is 0 Å². The zero-order chi connectivity index (χ0) is 57.1. The molecule has 4 aliphatic rings. The number of ketones is 1. The van der Waals surface area contributed by atoms with E-state index in [1.807, 2.05) is 128 Å². The summed E-state index contributed by atoms with van der Waals surface area (Å²) in [7, 11) is 3.45. The molecule has 0 saturated heterocycles. The molecular formula is C72H84BO8S. The maximum Gasteiger partial charge on any atom is 0.338 e. The summed E-state index contributed by atoms with van der Waals surface area (Å²) in [5.41, 5.74) is 10.7. The van der Waals surface area contributed by atoms with Crippen molar-refractivity contribution < 1.29 is 38.4 Å². The van der Waals surface area contributed by atoms with Crippen molar-refractivity contribution in [2.45, 2.75) is 122 Å². The van der Waals surface area contributed by atoms with Crippen LogP contribution in [0.25, 0.3) is 22.3 Å². The fraction of sp³-hybridized carbons (Fsp3) is 0.403. The molecular weight excluding hydrogens is 1040 g/mol. The molecule has 429 valence electrons. The highest BCUT2D eigenvalue weighted by Crippen LogP contribution is 2.50. The molecule has 8 nitrogen and oxygen atoms in total. The SMILES string of the molecule is CCCCCC(=O)/C=C/[C@@H]1[C@H]2Cc3cccc(OC)c3C[C@H]2C[C@H]1OC(=O)c1ccc(-c2ccccc2)cc1.CCCCC[C@H](O)/C=C/[C@@H]1[C@H]2Cc3cccc(OC)c3C[C@H]2C[C@H]1OC(=O)c1ccc(-c2ccccc2)cc1.CSC.[B]. The lowest BCUT2D eigenvalue weighted by molar-refractivity contribution is -0.114. The van der Waals surface area contributed by atoms with Gasteiger partial charge in [-0.1, -0.05) is 173 Å². The number of carbonyl (C=O) groups excluding carboxylic acids is 3. The van der Waals surface area contributed by atoms with Crippen molar-refractivity contribution in [1.82, 2.24) is 0 Å². The van der Waals surface area contributed by atoms with Gasteiger partial charge in [-0.3, -0.25) is 4.79 Å². The lowest BCUT2D eigenvalue weighted by atomic mass is 9.74. The average Bonchev–Trinajstić information content (AvgIpc) is 4.25. The van der Waals surface area contributed by atoms with Crippen molar-refractivity contribution in [2.24, 2.45) is 35.5 Å². The summed E-state index contributed by atoms with van der Waals surface area (Å²) in [6.45, 7) is 4.31. The number of carbonyl (C=O) groups is 3. The quantitative estimate of drug-likeness (QED) is 0.0263. The van der Waals surface area contributed by atoms with Crippen molar-refractivity contribution in [3.05, 3.63) is 203 Å². The predicted molar refractivity (Wildman–Crippen MR) is 336 cm³/mol. The van der Waals surface area contributed by atoms with Crippen molar-refractivity contribution in [3.8, 4) is 33.8 Å². The van der Waals surface area contributed by atoms with Gasteiger partial charge in [0, 0.05) is 26.7 Å². The van der Waals surface area contributed by atoms with E-state index in [1.165, 1.54) is 22.3 Å². The molecule has 10 heteroatoms. The third kappa shape index (κ3) is 16.3. The van der Waals surface area contributed by atoms with Gasteiger partial charge in [0.2, 0.25) is 0 Å². The Labute approximate surface area is 495 Å². The van der Waals surface area contributed by atoms with Gasteiger partial charge in [0.05, 0.1) is 31.5 Å². The normalized spacial score (nSPS) is 21.4. The largest absolute Gasteiger partial charge is 0.496 e. The number of methoxy groups -OCH3 is 2. The Morgan fingerprint density at radius 3 is 1.41 bits per heavy atom. The van der Waals surface area contributed by atoms with Crippen molar-refractivity contribution in [1.29, 1.82) is 0 Å². The van der Waals surface area contributed by atoms with E-state index in [1.54, 1.807) is 32.1 Å². The average molecular weight is 1120 g/mol. The maximum absolute atomic E-state index is 13.3. The van der Waals surface area contributed by atoms with Gasteiger partial charge in [0.15, 0.2) is 5.78 Å². The van der Waals surface area contributed by atoms with Crippen LogP contribution in [0.3, 0.4) is 0 Å². The van der Waals surface area contributed by atoms with E-state index < -0.39 is 6.10 Å². The minimum atomic E-state index is -0.464. The van der Waals surface area contributed by atoms with Crippen molar-refractivity contribution >= 4 is 37.9 Å². The Morgan fingerprint density at radius 2 is 0.976 bits per heavy atom. The van der Waals surface area contributed by atoms with E-state index in [-0.39, 0.29) is 50.2 Å². The minimum Gasteiger partial charge on any atom is -0.496 e. The van der Waals surface area contributed by atoms with Crippen LogP contribution >= 0.6 is 11.8 Å². The van der Waals surface area contributed by atoms with E-state index in [4.69, 9.17) is 18.9 Å². The first-order chi connectivity index (χ1) is 39.5. The van der Waals surface area contributed by atoms with Crippen LogP contribution in [0.15, 0.2) is 170 Å². The van der Waals surface area contributed by atoms with Crippen LogP contribution in [0.1, 0.15) is 121 Å². The first-order valence-electron chi connectivity index (χ1n) is 29.6. The molecule has 0 unspecified atom stereocenters. The molecule has 3 radical (unpaired) electrons. The standard InChI is InChI=1S/C35H40O4.C35H38O4.C2H6S.B/c2*1-3-4-6-13-29(36)19-20-30-31-21-27-12-9-14-33(38-2)32(27)22-28(31)23-34(30)39-35(37)26-17-15-25(16-18-26)24-10-7-5-8-11-24;1-3-2;/h5,7-12,14-20,28-31,34,36H,3-4,6,13,21-23H2,1-2H3;5,7-12,14-20,28,30-31,34H,3-4,6,13,21-23H2,1-2H3;1-2H3;/b2*20-19+;;/t28-,29-,30+,31-,34+;28-,30+,31-,34+;;/m00../s1. The van der Waals surface area contributed by atoms with Crippen LogP contribution < -0.4 is 9.47 Å². The van der Waals surface area contributed by atoms with Crippen LogP contribution in [-0.2, 0) is 40.0 Å². The second-order valence-electron chi connectivity index (χ2n) is 22.4. The molecule has 4 aliphatic carbocycles. The summed E-state index contributed by atoms with van der Waals surface area (Å²) in [5.74, 6) is 2.99. The summed E-state index contributed by atoms with van der Waals surface area (Å²) < 4.78 is 23.8. The molecule has 0 amide bonds. The molecule has 6 aromatic rings. The molecule has 0 spiro atoms. The first kappa shape index (κ1) is 63.0. The van der Waals surface area contributed by atoms with Crippen LogP contribution in [0, 0.1) is 35.5 Å². The van der Waals surface area contributed by atoms with Crippen LogP contribution in [0.2, 0.25) is 0 Å². The van der Waals surface area contributed by atoms with Gasteiger partial charge in [-0.15, -0.1) is 0 Å². The van der Waals surface area contributed by atoms with Gasteiger partial charge in [-0.2, -0.15) is 11.8 Å². The number of fused-ring (bicyclic) bond motifs is 4. The first-order valence-corrected chi connectivity index (χ1v) is 31.2. The molecule has 2 saturated carbocycles. The van der Waals surface area contributed by atoms with Gasteiger partial charge in [0.1, 0.15) is 23.7 Å². The topological polar surface area (TPSA) is 108 Å². The number of ether oxygens (including phenoxy) is 4. The van der Waals surface area contributed by atoms with Gasteiger partial charge in [0.25, 0.3) is 0 Å². The number of esters is 2. The number of hydrogen-bond donors (Lipinski definition) is 1. The number of hydrogen-bond acceptors (Lipinski definition) is 9. The van der Waals surface area contributed by atoms with E-state index in [0.717, 1.165) is 117 Å². The second kappa shape index (κ2) is 31.7. The monoisotopic (exact) mass is 1120 g/mol. The van der Waals surface area contributed by atoms with Gasteiger partial charge in [-0.05, 0) is 175 Å². The summed E-state index contributed by atoms with van der Waals surface area (Å²) in [5, 5.41) is 10.6. The molecule has 10 rings (SSSR count). The summed E-state index contributed by atoms with van der Waals surface area (Å²) in [6, 6.07) is 48.1. The fourth-order valence-corrected chi connectivity index (χ4v) is 12.9. The molecule has 0 heterocycles. The Hall–Kier alpha value is -6.62. The molecule has 0 aromatic heterocycles. The molecule has 9 atom stereocenters. The maximum atomic E-state index is 13.3. The number of rotatable bonds is 20. The summed E-state index contributed by atoms with van der Waals surface area (Å²) >= 11 is 1.75. The highest BCUT2D eigenvalue weighted by Gasteiger charge is 2.48. The molecule has 0 aliphatic heterocycles. The Bertz CT molecular complexity index is 3010. The number of allylic oxidation sites excluding steroid dienone is 1. The van der Waals surface area contributed by atoms with Crippen molar-refractivity contribution in [2.75, 3.05) is 26.7 Å². The van der Waals surface area contributed by atoms with E-state index in [9.17, 15) is 19.5 Å². The lowest BCUT2D eigenvalue weighted by Gasteiger charge is -2.31. The van der Waals surface area contributed by atoms with Crippen LogP contribution in [0.5, 0.6) is 11.5 Å². The number of unbranched alkanes of at least 4 members (excludes halogenated alkanes) is 4. The number of benzene rings is 6. The van der Waals surface area contributed by atoms with Gasteiger partial charge in [-0.25, -0.2) is 9.59 Å². The van der Waals surface area contributed by atoms with E-state index in [2.05, 4.69) is 62.4 Å². The minimum absolute atomic E-state index is 0. The Morgan fingerprint density at radius 1 is 0.549 bits per heavy atom. The fourth-order valence-electron chi connectivity index (χ4n) is 12.9. The highest BCUT2D eigenvalue weighted by molar-refractivity contribution is 7.97. The van der Waals surface area contributed by atoms with Gasteiger partial charge < -0.3 is 24.1 Å². The molecule has 1 N–H and O–H groups in total. The number of aliphatic hydroxyl groups excluding tert-OH is 1. The predicted octanol–water partition coefficient (Wildman–Crippen LogP) is 15.7. The lowest BCUT2D eigenvalue weighted by Crippen LogP contribution is -2.28. The zero-order valence-corrected chi connectivity index (χ0v) is 49.9. The number of thioether (sulfide) groups is 1.